The number of nitrogens with zero attached hydrogens (tertiary/aromatic N) is 2. The molecule has 0 aromatic carbocycles. The Labute approximate surface area is 126 Å². The van der Waals surface area contributed by atoms with Gasteiger partial charge in [0, 0.05) is 26.2 Å². The molecule has 21 heavy (non-hydrogen) atoms. The first-order valence-electron chi connectivity index (χ1n) is 7.67. The number of urea groups is 1. The van der Waals surface area contributed by atoms with E-state index in [0.29, 0.717) is 19.7 Å². The molecule has 1 aliphatic carbocycles. The van der Waals surface area contributed by atoms with Gasteiger partial charge in [0.25, 0.3) is 0 Å². The lowest BCUT2D eigenvalue weighted by atomic mass is 9.76. The van der Waals surface area contributed by atoms with Crippen molar-refractivity contribution in [3.05, 3.63) is 0 Å². The Kier molecular flexibility index (Phi) is 4.76. The number of methoxy groups -OCH3 is 1. The van der Waals surface area contributed by atoms with Gasteiger partial charge >= 0.3 is 12.0 Å². The molecule has 2 aliphatic rings. The summed E-state index contributed by atoms with van der Waals surface area (Å²) in [6.45, 7) is 5.40. The molecule has 1 aliphatic heterocycles. The normalized spacial score (nSPS) is 24.7. The van der Waals surface area contributed by atoms with E-state index in [1.807, 2.05) is 13.8 Å². The van der Waals surface area contributed by atoms with E-state index in [0.717, 1.165) is 25.7 Å². The zero-order valence-electron chi connectivity index (χ0n) is 13.2. The SMILES string of the molecule is COCCN(C(=O)N1CCCC(C)(C)C1C(=O)O)C1CC1. The maximum Gasteiger partial charge on any atom is 0.327 e. The highest BCUT2D eigenvalue weighted by Crippen LogP contribution is 2.37. The van der Waals surface area contributed by atoms with E-state index in [4.69, 9.17) is 4.74 Å². The number of carbonyl (C=O) groups excluding carboxylic acids is 1. The maximum absolute atomic E-state index is 12.8. The number of hydrogen-bond donors (Lipinski definition) is 1. The van der Waals surface area contributed by atoms with E-state index >= 15 is 0 Å². The molecule has 0 aromatic heterocycles. The molecule has 1 saturated heterocycles. The summed E-state index contributed by atoms with van der Waals surface area (Å²) in [6, 6.07) is -0.635. The van der Waals surface area contributed by atoms with Crippen LogP contribution >= 0.6 is 0 Å². The van der Waals surface area contributed by atoms with Crippen LogP contribution in [0.2, 0.25) is 0 Å². The largest absolute Gasteiger partial charge is 0.480 e. The fourth-order valence-corrected chi connectivity index (χ4v) is 3.24. The molecule has 0 aromatic rings. The lowest BCUT2D eigenvalue weighted by molar-refractivity contribution is -0.148. The number of carboxylic acid groups (broad SMARTS) is 1. The molecule has 120 valence electrons. The third-order valence-electron chi connectivity index (χ3n) is 4.52. The summed E-state index contributed by atoms with van der Waals surface area (Å²) in [4.78, 5) is 27.8. The second-order valence-corrected chi connectivity index (χ2v) is 6.73. The molecule has 0 bridgehead atoms. The first kappa shape index (κ1) is 16.1. The molecule has 6 nitrogen and oxygen atoms in total. The summed E-state index contributed by atoms with van der Waals surface area (Å²) in [6.07, 6.45) is 3.69. The summed E-state index contributed by atoms with van der Waals surface area (Å²) in [5.41, 5.74) is -0.393. The van der Waals surface area contributed by atoms with Gasteiger partial charge in [0.15, 0.2) is 0 Å². The summed E-state index contributed by atoms with van der Waals surface area (Å²) in [5, 5.41) is 9.57. The predicted molar refractivity (Wildman–Crippen MR) is 78.1 cm³/mol. The van der Waals surface area contributed by atoms with Gasteiger partial charge in [-0.25, -0.2) is 9.59 Å². The highest BCUT2D eigenvalue weighted by atomic mass is 16.5. The first-order chi connectivity index (χ1) is 9.88. The minimum Gasteiger partial charge on any atom is -0.480 e. The number of aliphatic carboxylic acids is 1. The van der Waals surface area contributed by atoms with E-state index in [-0.39, 0.29) is 12.1 Å². The molecule has 1 saturated carbocycles. The van der Waals surface area contributed by atoms with Crippen LogP contribution in [0, 0.1) is 5.41 Å². The van der Waals surface area contributed by atoms with E-state index in [9.17, 15) is 14.7 Å². The van der Waals surface area contributed by atoms with Crippen molar-refractivity contribution in [3.63, 3.8) is 0 Å². The van der Waals surface area contributed by atoms with E-state index in [2.05, 4.69) is 0 Å². The van der Waals surface area contributed by atoms with Crippen LogP contribution in [0.3, 0.4) is 0 Å². The van der Waals surface area contributed by atoms with Gasteiger partial charge < -0.3 is 19.6 Å². The Bertz CT molecular complexity index is 406. The second-order valence-electron chi connectivity index (χ2n) is 6.73. The van der Waals surface area contributed by atoms with Gasteiger partial charge in [0.1, 0.15) is 6.04 Å². The molecule has 1 atom stereocenters. The van der Waals surface area contributed by atoms with Crippen LogP contribution in [0.1, 0.15) is 39.5 Å². The first-order valence-corrected chi connectivity index (χ1v) is 7.67. The van der Waals surface area contributed by atoms with Crippen molar-refractivity contribution in [2.24, 2.45) is 5.41 Å². The van der Waals surface area contributed by atoms with Crippen molar-refractivity contribution in [1.29, 1.82) is 0 Å². The van der Waals surface area contributed by atoms with Gasteiger partial charge in [-0.15, -0.1) is 0 Å². The molecule has 2 rings (SSSR count). The third kappa shape index (κ3) is 3.48. The van der Waals surface area contributed by atoms with Crippen molar-refractivity contribution in [1.82, 2.24) is 9.80 Å². The molecule has 1 heterocycles. The Morgan fingerprint density at radius 2 is 2.05 bits per heavy atom. The lowest BCUT2D eigenvalue weighted by Crippen LogP contribution is -2.59. The number of likely N-dealkylation sites (tertiary alicyclic amines) is 1. The highest BCUT2D eigenvalue weighted by Gasteiger charge is 2.47. The molecular weight excluding hydrogens is 272 g/mol. The number of ether oxygens (including phenoxy) is 1. The highest BCUT2D eigenvalue weighted by molar-refractivity contribution is 5.84. The van der Waals surface area contributed by atoms with Crippen molar-refractivity contribution in [2.45, 2.75) is 51.6 Å². The average Bonchev–Trinajstić information content (AvgIpc) is 3.21. The van der Waals surface area contributed by atoms with Crippen molar-refractivity contribution < 1.29 is 19.4 Å². The zero-order valence-corrected chi connectivity index (χ0v) is 13.2. The van der Waals surface area contributed by atoms with Crippen molar-refractivity contribution >= 4 is 12.0 Å². The Morgan fingerprint density at radius 1 is 1.38 bits per heavy atom. The van der Waals surface area contributed by atoms with Crippen LogP contribution in [0.15, 0.2) is 0 Å². The fraction of sp³-hybridized carbons (Fsp3) is 0.867. The van der Waals surface area contributed by atoms with Gasteiger partial charge in [0.2, 0.25) is 0 Å². The molecule has 1 unspecified atom stereocenters. The Hall–Kier alpha value is -1.30. The number of carbonyl (C=O) groups is 2. The predicted octanol–water partition coefficient (Wildman–Crippen LogP) is 1.79. The molecule has 0 spiro atoms. The van der Waals surface area contributed by atoms with Gasteiger partial charge in [0.05, 0.1) is 6.61 Å². The fourth-order valence-electron chi connectivity index (χ4n) is 3.24. The maximum atomic E-state index is 12.8. The summed E-state index contributed by atoms with van der Waals surface area (Å²) < 4.78 is 5.07. The van der Waals surface area contributed by atoms with E-state index < -0.39 is 17.4 Å². The lowest BCUT2D eigenvalue weighted by Gasteiger charge is -2.45. The van der Waals surface area contributed by atoms with Crippen LogP contribution in [-0.2, 0) is 9.53 Å². The monoisotopic (exact) mass is 298 g/mol. The van der Waals surface area contributed by atoms with Gasteiger partial charge in [-0.2, -0.15) is 0 Å². The molecular formula is C15H26N2O4. The molecule has 0 radical (unpaired) electrons. The topological polar surface area (TPSA) is 70.1 Å². The van der Waals surface area contributed by atoms with Crippen LogP contribution in [-0.4, -0.2) is 65.8 Å². The van der Waals surface area contributed by atoms with E-state index in [1.165, 1.54) is 0 Å². The van der Waals surface area contributed by atoms with E-state index in [1.54, 1.807) is 16.9 Å². The molecule has 6 heteroatoms. The molecule has 1 N–H and O–H groups in total. The number of carboxylic acids is 1. The van der Waals surface area contributed by atoms with Gasteiger partial charge in [-0.1, -0.05) is 13.8 Å². The van der Waals surface area contributed by atoms with Crippen molar-refractivity contribution in [3.8, 4) is 0 Å². The standard InChI is InChI=1S/C15H26N2O4/c1-15(2)7-4-8-17(12(15)13(18)19)14(20)16(9-10-21-3)11-5-6-11/h11-12H,4-10H2,1-3H3,(H,18,19). The minimum atomic E-state index is -0.907. The smallest absolute Gasteiger partial charge is 0.327 e. The minimum absolute atomic E-state index is 0.144. The zero-order chi connectivity index (χ0) is 15.6. The Morgan fingerprint density at radius 3 is 2.57 bits per heavy atom. The van der Waals surface area contributed by atoms with Crippen LogP contribution in [0.5, 0.6) is 0 Å². The second kappa shape index (κ2) is 6.22. The summed E-state index contributed by atoms with van der Waals surface area (Å²) in [7, 11) is 1.61. The summed E-state index contributed by atoms with van der Waals surface area (Å²) >= 11 is 0. The number of piperidine rings is 1. The van der Waals surface area contributed by atoms with Crippen LogP contribution < -0.4 is 0 Å². The van der Waals surface area contributed by atoms with Crippen LogP contribution in [0.25, 0.3) is 0 Å². The molecule has 2 amide bonds. The van der Waals surface area contributed by atoms with Crippen LogP contribution in [0.4, 0.5) is 4.79 Å². The van der Waals surface area contributed by atoms with Crippen molar-refractivity contribution in [2.75, 3.05) is 26.8 Å². The third-order valence-corrected chi connectivity index (χ3v) is 4.52. The summed E-state index contributed by atoms with van der Waals surface area (Å²) in [5.74, 6) is -0.907. The Balaban J connectivity index is 2.16. The van der Waals surface area contributed by atoms with Gasteiger partial charge in [-0.05, 0) is 31.1 Å². The quantitative estimate of drug-likeness (QED) is 0.840. The molecule has 2 fully saturated rings. The number of hydrogen-bond acceptors (Lipinski definition) is 3. The average molecular weight is 298 g/mol. The van der Waals surface area contributed by atoms with Gasteiger partial charge in [-0.3, -0.25) is 0 Å². The number of amides is 2. The number of rotatable bonds is 5.